The molecular formula is C24H27IN4O3. The van der Waals surface area contributed by atoms with Crippen LogP contribution in [-0.4, -0.2) is 33.5 Å². The van der Waals surface area contributed by atoms with Crippen molar-refractivity contribution in [3.63, 3.8) is 0 Å². The number of carbonyl (C=O) groups excluding carboxylic acids is 2. The van der Waals surface area contributed by atoms with Gasteiger partial charge in [0, 0.05) is 14.8 Å². The number of nitrogens with one attached hydrogen (secondary N) is 1. The summed E-state index contributed by atoms with van der Waals surface area (Å²) in [5, 5.41) is 11.3. The zero-order valence-corrected chi connectivity index (χ0v) is 20.6. The molecule has 0 bridgehead atoms. The third-order valence-electron chi connectivity index (χ3n) is 4.84. The Morgan fingerprint density at radius 2 is 1.78 bits per heavy atom. The zero-order valence-electron chi connectivity index (χ0n) is 18.4. The van der Waals surface area contributed by atoms with Crippen LogP contribution in [0, 0.1) is 15.4 Å². The normalized spacial score (nSPS) is 11.9. The van der Waals surface area contributed by atoms with Crippen LogP contribution >= 0.6 is 22.6 Å². The van der Waals surface area contributed by atoms with Crippen LogP contribution in [0.2, 0.25) is 0 Å². The molecular weight excluding hydrogens is 519 g/mol. The Labute approximate surface area is 201 Å². The minimum Gasteiger partial charge on any atom is -0.465 e. The number of rotatable bonds is 9. The third-order valence-corrected chi connectivity index (χ3v) is 5.56. The van der Waals surface area contributed by atoms with Gasteiger partial charge in [-0.05, 0) is 71.7 Å². The van der Waals surface area contributed by atoms with Crippen molar-refractivity contribution in [3.05, 3.63) is 63.9 Å². The molecule has 3 aromatic rings. The van der Waals surface area contributed by atoms with Crippen molar-refractivity contribution in [3.8, 4) is 11.3 Å². The topological polar surface area (TPSA) is 86.1 Å². The van der Waals surface area contributed by atoms with E-state index in [0.29, 0.717) is 18.7 Å². The molecule has 0 radical (unpaired) electrons. The average Bonchev–Trinajstić information content (AvgIpc) is 3.22. The highest BCUT2D eigenvalue weighted by Crippen LogP contribution is 2.20. The van der Waals surface area contributed by atoms with E-state index in [1.807, 2.05) is 68.6 Å². The molecule has 0 saturated carbocycles. The van der Waals surface area contributed by atoms with E-state index in [1.165, 1.54) is 3.57 Å². The number of amides is 1. The van der Waals surface area contributed by atoms with Crippen LogP contribution in [0.1, 0.15) is 32.8 Å². The second-order valence-corrected chi connectivity index (χ2v) is 9.17. The summed E-state index contributed by atoms with van der Waals surface area (Å²) in [6.45, 7) is 6.50. The molecule has 1 amide bonds. The molecule has 1 unspecified atom stereocenters. The Bertz CT molecular complexity index is 1050. The van der Waals surface area contributed by atoms with Gasteiger partial charge >= 0.3 is 5.97 Å². The summed E-state index contributed by atoms with van der Waals surface area (Å²) in [4.78, 5) is 24.9. The molecule has 3 rings (SSSR count). The monoisotopic (exact) mass is 546 g/mol. The van der Waals surface area contributed by atoms with Crippen molar-refractivity contribution >= 4 is 40.2 Å². The van der Waals surface area contributed by atoms with E-state index in [4.69, 9.17) is 4.74 Å². The molecule has 0 aliphatic carbocycles. The van der Waals surface area contributed by atoms with Crippen LogP contribution in [0.4, 0.5) is 5.69 Å². The first-order valence-electron chi connectivity index (χ1n) is 10.6. The van der Waals surface area contributed by atoms with Gasteiger partial charge in [0.05, 0.1) is 19.3 Å². The van der Waals surface area contributed by atoms with Gasteiger partial charge in [-0.3, -0.25) is 9.59 Å². The highest BCUT2D eigenvalue weighted by Gasteiger charge is 2.28. The number of carbonyl (C=O) groups is 2. The van der Waals surface area contributed by atoms with Gasteiger partial charge < -0.3 is 10.1 Å². The van der Waals surface area contributed by atoms with Crippen molar-refractivity contribution in [1.82, 2.24) is 15.0 Å². The van der Waals surface area contributed by atoms with Gasteiger partial charge in [-0.15, -0.1) is 5.10 Å². The first-order chi connectivity index (χ1) is 15.4. The minimum atomic E-state index is -0.815. The maximum absolute atomic E-state index is 12.7. The number of hydrogen-bond donors (Lipinski definition) is 1. The first-order valence-corrected chi connectivity index (χ1v) is 11.7. The quantitative estimate of drug-likeness (QED) is 0.238. The predicted molar refractivity (Wildman–Crippen MR) is 132 cm³/mol. The van der Waals surface area contributed by atoms with Crippen LogP contribution in [-0.2, 0) is 20.9 Å². The van der Waals surface area contributed by atoms with Crippen LogP contribution in [0.5, 0.6) is 0 Å². The van der Waals surface area contributed by atoms with Gasteiger partial charge in [-0.2, -0.15) is 0 Å². The summed E-state index contributed by atoms with van der Waals surface area (Å²) in [5.74, 6) is -1.44. The maximum Gasteiger partial charge on any atom is 0.318 e. The van der Waals surface area contributed by atoms with Gasteiger partial charge in [-0.1, -0.05) is 43.3 Å². The van der Waals surface area contributed by atoms with Crippen molar-refractivity contribution in [1.29, 1.82) is 0 Å². The summed E-state index contributed by atoms with van der Waals surface area (Å²) in [6.07, 6.45) is 2.35. The van der Waals surface area contributed by atoms with E-state index in [2.05, 4.69) is 38.2 Å². The van der Waals surface area contributed by atoms with Crippen LogP contribution in [0.25, 0.3) is 11.3 Å². The van der Waals surface area contributed by atoms with Crippen molar-refractivity contribution in [2.24, 2.45) is 11.8 Å². The lowest BCUT2D eigenvalue weighted by Gasteiger charge is -2.17. The summed E-state index contributed by atoms with van der Waals surface area (Å²) < 4.78 is 8.02. The van der Waals surface area contributed by atoms with Gasteiger partial charge in [0.15, 0.2) is 0 Å². The lowest BCUT2D eigenvalue weighted by Crippen LogP contribution is -2.32. The number of halogens is 1. The standard InChI is InChI=1S/C24H27IN4O3/c1-4-32-24(31)21(13-16(2)3)23(30)26-20-11-5-17(6-12-20)14-29-15-22(27-28-29)18-7-9-19(25)10-8-18/h5-12,15-16,21H,4,13-14H2,1-3H3,(H,26,30). The van der Waals surface area contributed by atoms with E-state index >= 15 is 0 Å². The predicted octanol–water partition coefficient (Wildman–Crippen LogP) is 4.76. The fourth-order valence-electron chi connectivity index (χ4n) is 3.26. The molecule has 7 nitrogen and oxygen atoms in total. The number of benzene rings is 2. The lowest BCUT2D eigenvalue weighted by atomic mass is 9.96. The summed E-state index contributed by atoms with van der Waals surface area (Å²) in [5.41, 5.74) is 3.49. The number of nitrogens with zero attached hydrogens (tertiary/aromatic N) is 3. The van der Waals surface area contributed by atoms with E-state index in [-0.39, 0.29) is 18.4 Å². The molecule has 168 valence electrons. The summed E-state index contributed by atoms with van der Waals surface area (Å²) in [6, 6.07) is 15.6. The molecule has 0 aliphatic rings. The average molecular weight is 546 g/mol. The van der Waals surface area contributed by atoms with Crippen LogP contribution < -0.4 is 5.32 Å². The van der Waals surface area contributed by atoms with Crippen molar-refractivity contribution in [2.75, 3.05) is 11.9 Å². The maximum atomic E-state index is 12.7. The zero-order chi connectivity index (χ0) is 23.1. The molecule has 32 heavy (non-hydrogen) atoms. The van der Waals surface area contributed by atoms with Crippen LogP contribution in [0.3, 0.4) is 0 Å². The number of esters is 1. The van der Waals surface area contributed by atoms with E-state index in [0.717, 1.165) is 16.8 Å². The van der Waals surface area contributed by atoms with Crippen LogP contribution in [0.15, 0.2) is 54.7 Å². The molecule has 1 atom stereocenters. The molecule has 0 saturated heterocycles. The van der Waals surface area contributed by atoms with E-state index in [9.17, 15) is 9.59 Å². The fraction of sp³-hybridized carbons (Fsp3) is 0.333. The molecule has 0 fully saturated rings. The highest BCUT2D eigenvalue weighted by atomic mass is 127. The Kier molecular flexibility index (Phi) is 8.38. The van der Waals surface area contributed by atoms with E-state index < -0.39 is 11.9 Å². The van der Waals surface area contributed by atoms with Crippen molar-refractivity contribution in [2.45, 2.75) is 33.7 Å². The Morgan fingerprint density at radius 1 is 1.09 bits per heavy atom. The van der Waals surface area contributed by atoms with Gasteiger partial charge in [0.25, 0.3) is 0 Å². The van der Waals surface area contributed by atoms with Gasteiger partial charge in [-0.25, -0.2) is 4.68 Å². The molecule has 2 aromatic carbocycles. The second-order valence-electron chi connectivity index (χ2n) is 7.93. The minimum absolute atomic E-state index is 0.199. The molecule has 1 heterocycles. The molecule has 8 heteroatoms. The lowest BCUT2D eigenvalue weighted by molar-refractivity contribution is -0.151. The first kappa shape index (κ1) is 23.9. The molecule has 0 spiro atoms. The summed E-state index contributed by atoms with van der Waals surface area (Å²) in [7, 11) is 0. The fourth-order valence-corrected chi connectivity index (χ4v) is 3.62. The van der Waals surface area contributed by atoms with Gasteiger partial charge in [0.2, 0.25) is 5.91 Å². The number of ether oxygens (including phenoxy) is 1. The molecule has 1 N–H and O–H groups in total. The highest BCUT2D eigenvalue weighted by molar-refractivity contribution is 14.1. The Hall–Kier alpha value is -2.75. The second kappa shape index (κ2) is 11.2. The SMILES string of the molecule is CCOC(=O)C(CC(C)C)C(=O)Nc1ccc(Cn2cc(-c3ccc(I)cc3)nn2)cc1. The summed E-state index contributed by atoms with van der Waals surface area (Å²) >= 11 is 2.27. The Balaban J connectivity index is 1.63. The number of hydrogen-bond acceptors (Lipinski definition) is 5. The molecule has 0 aliphatic heterocycles. The third kappa shape index (κ3) is 6.62. The molecule has 1 aromatic heterocycles. The Morgan fingerprint density at radius 3 is 2.41 bits per heavy atom. The van der Waals surface area contributed by atoms with Crippen molar-refractivity contribution < 1.29 is 14.3 Å². The number of aromatic nitrogens is 3. The van der Waals surface area contributed by atoms with E-state index in [1.54, 1.807) is 11.6 Å². The van der Waals surface area contributed by atoms with Gasteiger partial charge in [0.1, 0.15) is 11.6 Å². The smallest absolute Gasteiger partial charge is 0.318 e. The largest absolute Gasteiger partial charge is 0.465 e. The number of anilines is 1.